The summed E-state index contributed by atoms with van der Waals surface area (Å²) in [7, 11) is 0. The summed E-state index contributed by atoms with van der Waals surface area (Å²) in [5, 5.41) is 11.7. The quantitative estimate of drug-likeness (QED) is 0.828. The van der Waals surface area contributed by atoms with Crippen LogP contribution in [0.15, 0.2) is 24.5 Å². The van der Waals surface area contributed by atoms with E-state index in [1.54, 1.807) is 38.4 Å². The molecule has 0 unspecified atom stereocenters. The van der Waals surface area contributed by atoms with Crippen molar-refractivity contribution in [2.24, 2.45) is 17.3 Å². The van der Waals surface area contributed by atoms with E-state index in [2.05, 4.69) is 10.3 Å². The van der Waals surface area contributed by atoms with Gasteiger partial charge in [-0.1, -0.05) is 13.8 Å². The summed E-state index contributed by atoms with van der Waals surface area (Å²) in [6, 6.07) is 3.34. The minimum Gasteiger partial charge on any atom is -0.481 e. The van der Waals surface area contributed by atoms with Gasteiger partial charge in [0.15, 0.2) is 0 Å². The van der Waals surface area contributed by atoms with E-state index >= 15 is 0 Å². The number of carbonyl (C=O) groups is 2. The SMILES string of the molecule is CC1(C)[C@H](C(=O)O)[C@@H]1C(=O)Nc1ccncc1. The number of nitrogens with one attached hydrogen (secondary N) is 1. The van der Waals surface area contributed by atoms with Crippen LogP contribution in [0.5, 0.6) is 0 Å². The second kappa shape index (κ2) is 3.84. The lowest BCUT2D eigenvalue weighted by atomic mass is 10.1. The monoisotopic (exact) mass is 234 g/mol. The molecule has 1 aromatic rings. The Kier molecular flexibility index (Phi) is 2.61. The van der Waals surface area contributed by atoms with Gasteiger partial charge in [-0.15, -0.1) is 0 Å². The normalized spacial score (nSPS) is 25.1. The Morgan fingerprint density at radius 2 is 1.88 bits per heavy atom. The van der Waals surface area contributed by atoms with E-state index in [9.17, 15) is 9.59 Å². The molecule has 17 heavy (non-hydrogen) atoms. The number of rotatable bonds is 3. The van der Waals surface area contributed by atoms with Gasteiger partial charge in [-0.2, -0.15) is 0 Å². The van der Waals surface area contributed by atoms with Crippen molar-refractivity contribution in [1.29, 1.82) is 0 Å². The number of aliphatic carboxylic acids is 1. The first-order valence-corrected chi connectivity index (χ1v) is 5.38. The smallest absolute Gasteiger partial charge is 0.307 e. The lowest BCUT2D eigenvalue weighted by molar-refractivity contribution is -0.140. The van der Waals surface area contributed by atoms with Crippen molar-refractivity contribution in [3.63, 3.8) is 0 Å². The average molecular weight is 234 g/mol. The third-order valence-corrected chi connectivity index (χ3v) is 3.32. The van der Waals surface area contributed by atoms with Gasteiger partial charge in [-0.25, -0.2) is 0 Å². The molecule has 2 atom stereocenters. The predicted molar refractivity (Wildman–Crippen MR) is 61.3 cm³/mol. The van der Waals surface area contributed by atoms with Crippen LogP contribution in [0.1, 0.15) is 13.8 Å². The maximum absolute atomic E-state index is 11.9. The van der Waals surface area contributed by atoms with Crippen LogP contribution < -0.4 is 5.32 Å². The van der Waals surface area contributed by atoms with Crippen LogP contribution in [0.4, 0.5) is 5.69 Å². The number of carboxylic acid groups (broad SMARTS) is 1. The maximum Gasteiger partial charge on any atom is 0.307 e. The zero-order chi connectivity index (χ0) is 12.6. The van der Waals surface area contributed by atoms with E-state index in [4.69, 9.17) is 5.11 Å². The summed E-state index contributed by atoms with van der Waals surface area (Å²) in [5.41, 5.74) is 0.167. The molecule has 1 aliphatic carbocycles. The fraction of sp³-hybridized carbons (Fsp3) is 0.417. The summed E-state index contributed by atoms with van der Waals surface area (Å²) in [4.78, 5) is 26.7. The van der Waals surface area contributed by atoms with Gasteiger partial charge in [0.05, 0.1) is 11.8 Å². The highest BCUT2D eigenvalue weighted by Crippen LogP contribution is 2.58. The molecule has 0 aliphatic heterocycles. The number of pyridine rings is 1. The van der Waals surface area contributed by atoms with Gasteiger partial charge in [0.25, 0.3) is 0 Å². The van der Waals surface area contributed by atoms with E-state index in [1.165, 1.54) is 0 Å². The molecular formula is C12H14N2O3. The molecule has 0 saturated heterocycles. The van der Waals surface area contributed by atoms with Crippen molar-refractivity contribution in [2.75, 3.05) is 5.32 Å². The number of carbonyl (C=O) groups excluding carboxylic acids is 1. The Bertz CT molecular complexity index is 456. The van der Waals surface area contributed by atoms with Gasteiger partial charge in [0, 0.05) is 18.1 Å². The summed E-state index contributed by atoms with van der Waals surface area (Å²) in [6.07, 6.45) is 3.14. The van der Waals surface area contributed by atoms with Crippen molar-refractivity contribution in [1.82, 2.24) is 4.98 Å². The van der Waals surface area contributed by atoms with Crippen molar-refractivity contribution in [3.8, 4) is 0 Å². The zero-order valence-corrected chi connectivity index (χ0v) is 9.68. The molecule has 0 radical (unpaired) electrons. The lowest BCUT2D eigenvalue weighted by Crippen LogP contribution is -2.17. The maximum atomic E-state index is 11.9. The molecule has 5 heteroatoms. The van der Waals surface area contributed by atoms with Crippen molar-refractivity contribution < 1.29 is 14.7 Å². The zero-order valence-electron chi connectivity index (χ0n) is 9.68. The fourth-order valence-corrected chi connectivity index (χ4v) is 2.24. The van der Waals surface area contributed by atoms with Crippen LogP contribution in [0, 0.1) is 17.3 Å². The molecule has 0 aromatic carbocycles. The Morgan fingerprint density at radius 3 is 2.35 bits per heavy atom. The van der Waals surface area contributed by atoms with Crippen LogP contribution in [-0.2, 0) is 9.59 Å². The summed E-state index contributed by atoms with van der Waals surface area (Å²) < 4.78 is 0. The Labute approximate surface area is 98.9 Å². The minimum absolute atomic E-state index is 0.242. The number of anilines is 1. The predicted octanol–water partition coefficient (Wildman–Crippen LogP) is 1.38. The molecule has 1 aliphatic rings. The Morgan fingerprint density at radius 1 is 1.29 bits per heavy atom. The molecule has 1 amide bonds. The van der Waals surface area contributed by atoms with Gasteiger partial charge in [-0.05, 0) is 17.5 Å². The van der Waals surface area contributed by atoms with E-state index in [1.807, 2.05) is 0 Å². The van der Waals surface area contributed by atoms with Crippen molar-refractivity contribution >= 4 is 17.6 Å². The second-order valence-corrected chi connectivity index (χ2v) is 4.84. The fourth-order valence-electron chi connectivity index (χ4n) is 2.24. The Balaban J connectivity index is 2.06. The standard InChI is InChI=1S/C12H14N2O3/c1-12(2)8(9(12)11(16)17)10(15)14-7-3-5-13-6-4-7/h3-6,8-9H,1-2H3,(H,16,17)(H,13,14,15)/t8-,9+/m1/s1. The molecule has 1 fully saturated rings. The largest absolute Gasteiger partial charge is 0.481 e. The first kappa shape index (κ1) is 11.6. The molecule has 5 nitrogen and oxygen atoms in total. The number of amides is 1. The molecule has 2 rings (SSSR count). The first-order chi connectivity index (χ1) is 7.94. The lowest BCUT2D eigenvalue weighted by Gasteiger charge is -2.05. The highest BCUT2D eigenvalue weighted by atomic mass is 16.4. The minimum atomic E-state index is -0.912. The summed E-state index contributed by atoms with van der Waals surface area (Å²) in [5.74, 6) is -2.21. The number of aromatic nitrogens is 1. The number of hydrogen-bond donors (Lipinski definition) is 2. The molecule has 1 saturated carbocycles. The van der Waals surface area contributed by atoms with Gasteiger partial charge < -0.3 is 10.4 Å². The molecule has 90 valence electrons. The average Bonchev–Trinajstić information content (AvgIpc) is 2.83. The van der Waals surface area contributed by atoms with Crippen LogP contribution >= 0.6 is 0 Å². The van der Waals surface area contributed by atoms with Gasteiger partial charge in [0.2, 0.25) is 5.91 Å². The second-order valence-electron chi connectivity index (χ2n) is 4.84. The van der Waals surface area contributed by atoms with E-state index < -0.39 is 23.2 Å². The van der Waals surface area contributed by atoms with Crippen LogP contribution in [0.3, 0.4) is 0 Å². The van der Waals surface area contributed by atoms with Crippen LogP contribution in [0.2, 0.25) is 0 Å². The number of nitrogens with zero attached hydrogens (tertiary/aromatic N) is 1. The van der Waals surface area contributed by atoms with Gasteiger partial charge >= 0.3 is 5.97 Å². The van der Waals surface area contributed by atoms with Crippen LogP contribution in [-0.4, -0.2) is 22.0 Å². The molecule has 0 bridgehead atoms. The summed E-state index contributed by atoms with van der Waals surface area (Å²) >= 11 is 0. The third kappa shape index (κ3) is 2.00. The highest BCUT2D eigenvalue weighted by molar-refractivity contribution is 5.99. The molecule has 2 N–H and O–H groups in total. The molecular weight excluding hydrogens is 220 g/mol. The Hall–Kier alpha value is -1.91. The highest BCUT2D eigenvalue weighted by Gasteiger charge is 2.65. The van der Waals surface area contributed by atoms with E-state index in [0.717, 1.165) is 0 Å². The third-order valence-electron chi connectivity index (χ3n) is 3.32. The molecule has 1 heterocycles. The molecule has 0 spiro atoms. The van der Waals surface area contributed by atoms with Crippen LogP contribution in [0.25, 0.3) is 0 Å². The topological polar surface area (TPSA) is 79.3 Å². The van der Waals surface area contributed by atoms with E-state index in [0.29, 0.717) is 5.69 Å². The first-order valence-electron chi connectivity index (χ1n) is 5.38. The van der Waals surface area contributed by atoms with Gasteiger partial charge in [0.1, 0.15) is 0 Å². The van der Waals surface area contributed by atoms with Gasteiger partial charge in [-0.3, -0.25) is 14.6 Å². The summed E-state index contributed by atoms with van der Waals surface area (Å²) in [6.45, 7) is 3.59. The number of hydrogen-bond acceptors (Lipinski definition) is 3. The number of carboxylic acids is 1. The van der Waals surface area contributed by atoms with Crippen molar-refractivity contribution in [2.45, 2.75) is 13.8 Å². The van der Waals surface area contributed by atoms with E-state index in [-0.39, 0.29) is 5.91 Å². The molecule has 1 aromatic heterocycles. The van der Waals surface area contributed by atoms with Crippen molar-refractivity contribution in [3.05, 3.63) is 24.5 Å².